The van der Waals surface area contributed by atoms with Crippen molar-refractivity contribution in [1.29, 1.82) is 0 Å². The second-order valence-electron chi connectivity index (χ2n) is 6.64. The maximum absolute atomic E-state index is 13.1. The quantitative estimate of drug-likeness (QED) is 0.360. The summed E-state index contributed by atoms with van der Waals surface area (Å²) in [5.74, 6) is 0.369. The number of hydrogen-bond acceptors (Lipinski definition) is 5. The smallest absolute Gasteiger partial charge is 0.267 e. The molecular weight excluding hydrogens is 441 g/mol. The van der Waals surface area contributed by atoms with E-state index in [0.717, 1.165) is 21.3 Å². The third-order valence-electron chi connectivity index (χ3n) is 4.44. The molecule has 0 saturated carbocycles. The Labute approximate surface area is 187 Å². The number of ether oxygens (including phenoxy) is 1. The minimum absolute atomic E-state index is 0.123. The van der Waals surface area contributed by atoms with E-state index in [9.17, 15) is 4.79 Å². The second-order valence-corrected chi connectivity index (χ2v) is 8.53. The number of rotatable bonds is 6. The Bertz CT molecular complexity index is 1180. The first-order chi connectivity index (χ1) is 14.5. The van der Waals surface area contributed by atoms with Crippen molar-refractivity contribution in [3.8, 4) is 5.75 Å². The predicted octanol–water partition coefficient (Wildman–Crippen LogP) is 5.92. The average Bonchev–Trinajstić information content (AvgIpc) is 3.16. The van der Waals surface area contributed by atoms with Crippen LogP contribution in [0, 0.1) is 6.92 Å². The zero-order chi connectivity index (χ0) is 21.1. The van der Waals surface area contributed by atoms with Gasteiger partial charge in [-0.05, 0) is 66.6 Å². The molecular formula is C22H17Cl2N3O2S. The third-order valence-corrected chi connectivity index (χ3v) is 5.93. The number of hydrogen-bond donors (Lipinski definition) is 0. The fourth-order valence-electron chi connectivity index (χ4n) is 2.95. The number of thiazole rings is 1. The van der Waals surface area contributed by atoms with Gasteiger partial charge in [-0.15, -0.1) is 0 Å². The molecule has 4 rings (SSSR count). The molecule has 1 amide bonds. The molecule has 0 bridgehead atoms. The number of halogens is 2. The van der Waals surface area contributed by atoms with E-state index in [-0.39, 0.29) is 12.5 Å². The van der Waals surface area contributed by atoms with Crippen LogP contribution in [0.15, 0.2) is 60.9 Å². The van der Waals surface area contributed by atoms with Crippen LogP contribution in [-0.4, -0.2) is 22.5 Å². The minimum atomic E-state index is -0.204. The van der Waals surface area contributed by atoms with E-state index < -0.39 is 0 Å². The van der Waals surface area contributed by atoms with Crippen molar-refractivity contribution in [3.63, 3.8) is 0 Å². The predicted molar refractivity (Wildman–Crippen MR) is 122 cm³/mol. The molecule has 2 heterocycles. The molecule has 0 N–H and O–H groups in total. The first-order valence-electron chi connectivity index (χ1n) is 9.14. The lowest BCUT2D eigenvalue weighted by molar-refractivity contribution is -0.120. The van der Waals surface area contributed by atoms with Gasteiger partial charge in [-0.25, -0.2) is 4.98 Å². The van der Waals surface area contributed by atoms with Crippen LogP contribution in [0.5, 0.6) is 5.75 Å². The van der Waals surface area contributed by atoms with Gasteiger partial charge in [-0.3, -0.25) is 14.7 Å². The van der Waals surface area contributed by atoms with Gasteiger partial charge in [-0.2, -0.15) is 0 Å². The van der Waals surface area contributed by atoms with Crippen LogP contribution in [0.4, 0.5) is 5.13 Å². The fourth-order valence-corrected chi connectivity index (χ4v) is 4.51. The summed E-state index contributed by atoms with van der Waals surface area (Å²) in [6, 6.07) is 14.4. The Morgan fingerprint density at radius 3 is 2.53 bits per heavy atom. The molecule has 0 aliphatic heterocycles. The van der Waals surface area contributed by atoms with Gasteiger partial charge in [0.05, 0.1) is 16.8 Å². The Hall–Kier alpha value is -2.67. The molecule has 0 spiro atoms. The van der Waals surface area contributed by atoms with Gasteiger partial charge in [0.2, 0.25) is 0 Å². The summed E-state index contributed by atoms with van der Waals surface area (Å²) in [7, 11) is 0. The Balaban J connectivity index is 1.63. The Morgan fingerprint density at radius 2 is 1.80 bits per heavy atom. The van der Waals surface area contributed by atoms with Gasteiger partial charge < -0.3 is 4.74 Å². The number of carbonyl (C=O) groups is 1. The van der Waals surface area contributed by atoms with E-state index >= 15 is 0 Å². The maximum atomic E-state index is 13.1. The standard InChI is InChI=1S/C22H17Cl2N3O2S/c1-14-10-17(24)11-19-21(14)26-22(30-19)27(12-15-6-8-25-9-7-15)20(28)13-29-18-4-2-16(23)3-5-18/h2-11H,12-13H2,1H3. The number of nitrogens with zero attached hydrogens (tertiary/aromatic N) is 3. The summed E-state index contributed by atoms with van der Waals surface area (Å²) in [6.45, 7) is 2.19. The van der Waals surface area contributed by atoms with Crippen LogP contribution in [0.2, 0.25) is 10.0 Å². The molecule has 4 aromatic rings. The van der Waals surface area contributed by atoms with Gasteiger partial charge in [0.1, 0.15) is 5.75 Å². The zero-order valence-corrected chi connectivity index (χ0v) is 18.3. The molecule has 0 unspecified atom stereocenters. The zero-order valence-electron chi connectivity index (χ0n) is 16.0. The summed E-state index contributed by atoms with van der Waals surface area (Å²) >= 11 is 13.5. The number of benzene rings is 2. The van der Waals surface area contributed by atoms with Crippen LogP contribution >= 0.6 is 34.5 Å². The van der Waals surface area contributed by atoms with E-state index in [0.29, 0.717) is 27.5 Å². The van der Waals surface area contributed by atoms with Crippen molar-refractivity contribution >= 4 is 55.8 Å². The van der Waals surface area contributed by atoms with E-state index in [1.807, 2.05) is 31.2 Å². The molecule has 0 aliphatic rings. The lowest BCUT2D eigenvalue weighted by Gasteiger charge is -2.20. The summed E-state index contributed by atoms with van der Waals surface area (Å²) in [5.41, 5.74) is 2.75. The van der Waals surface area contributed by atoms with Crippen LogP contribution < -0.4 is 9.64 Å². The van der Waals surface area contributed by atoms with Crippen LogP contribution in [0.25, 0.3) is 10.2 Å². The second kappa shape index (κ2) is 9.00. The van der Waals surface area contributed by atoms with Crippen molar-refractivity contribution in [2.24, 2.45) is 0 Å². The Kier molecular flexibility index (Phi) is 6.18. The number of fused-ring (bicyclic) bond motifs is 1. The molecule has 0 atom stereocenters. The number of carbonyl (C=O) groups excluding carboxylic acids is 1. The maximum Gasteiger partial charge on any atom is 0.267 e. The molecule has 0 radical (unpaired) electrons. The van der Waals surface area contributed by atoms with Crippen molar-refractivity contribution < 1.29 is 9.53 Å². The monoisotopic (exact) mass is 457 g/mol. The van der Waals surface area contributed by atoms with E-state index in [4.69, 9.17) is 32.9 Å². The highest BCUT2D eigenvalue weighted by Gasteiger charge is 2.21. The fraction of sp³-hybridized carbons (Fsp3) is 0.136. The van der Waals surface area contributed by atoms with Gasteiger partial charge in [0, 0.05) is 22.4 Å². The summed E-state index contributed by atoms with van der Waals surface area (Å²) in [6.07, 6.45) is 3.40. The van der Waals surface area contributed by atoms with Gasteiger partial charge >= 0.3 is 0 Å². The third kappa shape index (κ3) is 4.73. The molecule has 30 heavy (non-hydrogen) atoms. The van der Waals surface area contributed by atoms with E-state index in [1.54, 1.807) is 41.6 Å². The highest BCUT2D eigenvalue weighted by atomic mass is 35.5. The summed E-state index contributed by atoms with van der Waals surface area (Å²) < 4.78 is 6.61. The molecule has 0 saturated heterocycles. The molecule has 2 aromatic carbocycles. The largest absolute Gasteiger partial charge is 0.484 e. The van der Waals surface area contributed by atoms with E-state index in [1.165, 1.54) is 11.3 Å². The number of aryl methyl sites for hydroxylation is 1. The molecule has 0 aliphatic carbocycles. The first kappa shape index (κ1) is 20.6. The van der Waals surface area contributed by atoms with Crippen LogP contribution in [0.3, 0.4) is 0 Å². The van der Waals surface area contributed by atoms with Crippen LogP contribution in [-0.2, 0) is 11.3 Å². The van der Waals surface area contributed by atoms with E-state index in [2.05, 4.69) is 4.98 Å². The number of anilines is 1. The normalized spacial score (nSPS) is 10.9. The molecule has 0 fully saturated rings. The van der Waals surface area contributed by atoms with Gasteiger partial charge in [-0.1, -0.05) is 34.5 Å². The SMILES string of the molecule is Cc1cc(Cl)cc2sc(N(Cc3ccncc3)C(=O)COc3ccc(Cl)cc3)nc12. The number of aromatic nitrogens is 2. The lowest BCUT2D eigenvalue weighted by Crippen LogP contribution is -2.34. The summed E-state index contributed by atoms with van der Waals surface area (Å²) in [5, 5.41) is 1.85. The van der Waals surface area contributed by atoms with Crippen molar-refractivity contribution in [1.82, 2.24) is 9.97 Å². The van der Waals surface area contributed by atoms with Crippen molar-refractivity contribution in [3.05, 3.63) is 82.1 Å². The minimum Gasteiger partial charge on any atom is -0.484 e. The van der Waals surface area contributed by atoms with Gasteiger partial charge in [0.25, 0.3) is 5.91 Å². The molecule has 2 aromatic heterocycles. The molecule has 152 valence electrons. The lowest BCUT2D eigenvalue weighted by atomic mass is 10.2. The first-order valence-corrected chi connectivity index (χ1v) is 10.7. The Morgan fingerprint density at radius 1 is 1.07 bits per heavy atom. The highest BCUT2D eigenvalue weighted by molar-refractivity contribution is 7.22. The average molecular weight is 458 g/mol. The number of amides is 1. The molecule has 5 nitrogen and oxygen atoms in total. The molecule has 8 heteroatoms. The van der Waals surface area contributed by atoms with Crippen molar-refractivity contribution in [2.75, 3.05) is 11.5 Å². The highest BCUT2D eigenvalue weighted by Crippen LogP contribution is 2.33. The topological polar surface area (TPSA) is 55.3 Å². The van der Waals surface area contributed by atoms with Crippen molar-refractivity contribution in [2.45, 2.75) is 13.5 Å². The van der Waals surface area contributed by atoms with Gasteiger partial charge in [0.15, 0.2) is 11.7 Å². The number of pyridine rings is 1. The summed E-state index contributed by atoms with van der Waals surface area (Å²) in [4.78, 5) is 23.5. The van der Waals surface area contributed by atoms with Crippen LogP contribution in [0.1, 0.15) is 11.1 Å².